The highest BCUT2D eigenvalue weighted by Gasteiger charge is 2.22. The van der Waals surface area contributed by atoms with Gasteiger partial charge in [-0.25, -0.2) is 0 Å². The number of nitrogens with zero attached hydrogens (tertiary/aromatic N) is 2. The molecule has 4 heteroatoms. The summed E-state index contributed by atoms with van der Waals surface area (Å²) in [4.78, 5) is 16.8. The lowest BCUT2D eigenvalue weighted by Gasteiger charge is -2.37. The van der Waals surface area contributed by atoms with Crippen LogP contribution in [-0.4, -0.2) is 37.0 Å². The van der Waals surface area contributed by atoms with E-state index in [2.05, 4.69) is 36.9 Å². The van der Waals surface area contributed by atoms with Gasteiger partial charge in [0.05, 0.1) is 6.42 Å². The maximum atomic E-state index is 12.5. The topological polar surface area (TPSA) is 23.6 Å². The van der Waals surface area contributed by atoms with Gasteiger partial charge in [-0.1, -0.05) is 35.9 Å². The average molecular weight is 343 g/mol. The Morgan fingerprint density at radius 1 is 1.00 bits per heavy atom. The van der Waals surface area contributed by atoms with Crippen molar-refractivity contribution in [2.75, 3.05) is 31.1 Å². The lowest BCUT2D eigenvalue weighted by molar-refractivity contribution is -0.130. The van der Waals surface area contributed by atoms with Crippen LogP contribution in [-0.2, 0) is 11.2 Å². The predicted octanol–water partition coefficient (Wildman–Crippen LogP) is 3.85. The highest BCUT2D eigenvalue weighted by Crippen LogP contribution is 2.23. The predicted molar refractivity (Wildman–Crippen MR) is 99.9 cm³/mol. The second-order valence-electron chi connectivity index (χ2n) is 6.46. The summed E-state index contributed by atoms with van der Waals surface area (Å²) in [6.07, 6.45) is 0.445. The number of amides is 1. The number of halogens is 1. The molecule has 24 heavy (non-hydrogen) atoms. The van der Waals surface area contributed by atoms with Gasteiger partial charge in [-0.2, -0.15) is 0 Å². The van der Waals surface area contributed by atoms with Gasteiger partial charge < -0.3 is 9.80 Å². The first-order valence-electron chi connectivity index (χ1n) is 8.37. The van der Waals surface area contributed by atoms with E-state index in [4.69, 9.17) is 11.6 Å². The van der Waals surface area contributed by atoms with E-state index in [1.54, 1.807) is 0 Å². The van der Waals surface area contributed by atoms with Crippen molar-refractivity contribution in [2.24, 2.45) is 0 Å². The number of anilines is 1. The third-order valence-electron chi connectivity index (χ3n) is 4.61. The van der Waals surface area contributed by atoms with Crippen molar-refractivity contribution in [1.82, 2.24) is 4.90 Å². The molecule has 0 aliphatic carbocycles. The Morgan fingerprint density at radius 3 is 2.33 bits per heavy atom. The molecule has 1 heterocycles. The smallest absolute Gasteiger partial charge is 0.227 e. The van der Waals surface area contributed by atoms with Crippen LogP contribution in [0.4, 0.5) is 5.69 Å². The third kappa shape index (κ3) is 3.90. The van der Waals surface area contributed by atoms with E-state index in [1.807, 2.05) is 29.2 Å². The minimum absolute atomic E-state index is 0.193. The van der Waals surface area contributed by atoms with Gasteiger partial charge in [0.2, 0.25) is 5.91 Å². The Bertz CT molecular complexity index is 719. The molecule has 1 aliphatic rings. The van der Waals surface area contributed by atoms with Crippen LogP contribution in [0.15, 0.2) is 42.5 Å². The van der Waals surface area contributed by atoms with Gasteiger partial charge in [0.25, 0.3) is 0 Å². The van der Waals surface area contributed by atoms with Crippen LogP contribution in [0.25, 0.3) is 0 Å². The van der Waals surface area contributed by atoms with E-state index in [-0.39, 0.29) is 5.91 Å². The fourth-order valence-electron chi connectivity index (χ4n) is 3.15. The van der Waals surface area contributed by atoms with E-state index in [0.717, 1.165) is 31.7 Å². The SMILES string of the molecule is Cc1ccc(C)c(N2CCN(C(=O)Cc3ccc(Cl)cc3)CC2)c1. The Morgan fingerprint density at radius 2 is 1.67 bits per heavy atom. The van der Waals surface area contributed by atoms with Gasteiger partial charge in [0, 0.05) is 36.9 Å². The maximum Gasteiger partial charge on any atom is 0.227 e. The molecule has 0 saturated carbocycles. The zero-order chi connectivity index (χ0) is 17.1. The van der Waals surface area contributed by atoms with Crippen molar-refractivity contribution in [3.8, 4) is 0 Å². The van der Waals surface area contributed by atoms with Crippen LogP contribution in [0.1, 0.15) is 16.7 Å². The first kappa shape index (κ1) is 16.8. The summed E-state index contributed by atoms with van der Waals surface area (Å²) >= 11 is 5.89. The van der Waals surface area contributed by atoms with E-state index in [0.29, 0.717) is 11.4 Å². The van der Waals surface area contributed by atoms with Crippen molar-refractivity contribution in [3.63, 3.8) is 0 Å². The van der Waals surface area contributed by atoms with Gasteiger partial charge >= 0.3 is 0 Å². The summed E-state index contributed by atoms with van der Waals surface area (Å²) < 4.78 is 0. The largest absolute Gasteiger partial charge is 0.368 e. The van der Waals surface area contributed by atoms with Gasteiger partial charge in [0.15, 0.2) is 0 Å². The fraction of sp³-hybridized carbons (Fsp3) is 0.350. The molecule has 0 unspecified atom stereocenters. The van der Waals surface area contributed by atoms with E-state index < -0.39 is 0 Å². The first-order chi connectivity index (χ1) is 11.5. The molecule has 3 rings (SSSR count). The standard InChI is InChI=1S/C20H23ClN2O/c1-15-3-4-16(2)19(13-15)22-9-11-23(12-10-22)20(24)14-17-5-7-18(21)8-6-17/h3-8,13H,9-12,14H2,1-2H3. The molecule has 1 amide bonds. The highest BCUT2D eigenvalue weighted by molar-refractivity contribution is 6.30. The number of carbonyl (C=O) groups excluding carboxylic acids is 1. The Kier molecular flexibility index (Phi) is 5.10. The van der Waals surface area contributed by atoms with Gasteiger partial charge in [0.1, 0.15) is 0 Å². The lowest BCUT2D eigenvalue weighted by Crippen LogP contribution is -2.49. The molecule has 0 N–H and O–H groups in total. The summed E-state index contributed by atoms with van der Waals surface area (Å²) in [5.74, 6) is 0.193. The van der Waals surface area contributed by atoms with Crippen LogP contribution < -0.4 is 4.90 Å². The quantitative estimate of drug-likeness (QED) is 0.846. The molecule has 0 spiro atoms. The molecule has 0 radical (unpaired) electrons. The molecule has 2 aromatic rings. The van der Waals surface area contributed by atoms with Crippen molar-refractivity contribution in [2.45, 2.75) is 20.3 Å². The molecule has 1 fully saturated rings. The Hall–Kier alpha value is -2.00. The molecule has 126 valence electrons. The van der Waals surface area contributed by atoms with E-state index >= 15 is 0 Å². The number of rotatable bonds is 3. The normalized spacial score (nSPS) is 14.8. The van der Waals surface area contributed by atoms with Crippen molar-refractivity contribution >= 4 is 23.2 Å². The average Bonchev–Trinajstić information content (AvgIpc) is 2.59. The molecule has 1 saturated heterocycles. The van der Waals surface area contributed by atoms with Crippen LogP contribution in [0.3, 0.4) is 0 Å². The second kappa shape index (κ2) is 7.27. The molecule has 0 atom stereocenters. The van der Waals surface area contributed by atoms with E-state index in [1.165, 1.54) is 16.8 Å². The summed E-state index contributed by atoms with van der Waals surface area (Å²) in [5.41, 5.74) is 4.87. The van der Waals surface area contributed by atoms with Gasteiger partial charge in [-0.15, -0.1) is 0 Å². The zero-order valence-corrected chi connectivity index (χ0v) is 15.0. The molecule has 2 aromatic carbocycles. The first-order valence-corrected chi connectivity index (χ1v) is 8.75. The Balaban J connectivity index is 1.59. The van der Waals surface area contributed by atoms with Crippen molar-refractivity contribution in [3.05, 3.63) is 64.2 Å². The summed E-state index contributed by atoms with van der Waals surface area (Å²) in [6, 6.07) is 14.1. The van der Waals surface area contributed by atoms with Crippen LogP contribution in [0, 0.1) is 13.8 Å². The van der Waals surface area contributed by atoms with Crippen LogP contribution >= 0.6 is 11.6 Å². The number of benzene rings is 2. The van der Waals surface area contributed by atoms with Gasteiger partial charge in [-0.05, 0) is 48.7 Å². The number of hydrogen-bond acceptors (Lipinski definition) is 2. The molecular formula is C20H23ClN2O. The third-order valence-corrected chi connectivity index (χ3v) is 4.86. The van der Waals surface area contributed by atoms with Crippen molar-refractivity contribution in [1.29, 1.82) is 0 Å². The van der Waals surface area contributed by atoms with Crippen LogP contribution in [0.2, 0.25) is 5.02 Å². The number of hydrogen-bond donors (Lipinski definition) is 0. The zero-order valence-electron chi connectivity index (χ0n) is 14.3. The molecule has 0 bridgehead atoms. The van der Waals surface area contributed by atoms with Crippen molar-refractivity contribution < 1.29 is 4.79 Å². The molecular weight excluding hydrogens is 320 g/mol. The minimum atomic E-state index is 0.193. The molecule has 1 aliphatic heterocycles. The highest BCUT2D eigenvalue weighted by atomic mass is 35.5. The molecule has 0 aromatic heterocycles. The number of piperazine rings is 1. The Labute approximate surface area is 148 Å². The summed E-state index contributed by atoms with van der Waals surface area (Å²) in [5, 5.41) is 0.702. The monoisotopic (exact) mass is 342 g/mol. The minimum Gasteiger partial charge on any atom is -0.368 e. The molecule has 3 nitrogen and oxygen atoms in total. The maximum absolute atomic E-state index is 12.5. The van der Waals surface area contributed by atoms with Gasteiger partial charge in [-0.3, -0.25) is 4.79 Å². The summed E-state index contributed by atoms with van der Waals surface area (Å²) in [6.45, 7) is 7.59. The van der Waals surface area contributed by atoms with E-state index in [9.17, 15) is 4.79 Å². The summed E-state index contributed by atoms with van der Waals surface area (Å²) in [7, 11) is 0. The number of aryl methyl sites for hydroxylation is 2. The van der Waals surface area contributed by atoms with Crippen LogP contribution in [0.5, 0.6) is 0 Å². The lowest BCUT2D eigenvalue weighted by atomic mass is 10.1. The second-order valence-corrected chi connectivity index (χ2v) is 6.90. The fourth-order valence-corrected chi connectivity index (χ4v) is 3.27. The number of carbonyl (C=O) groups is 1.